The Labute approximate surface area is 114 Å². The molecule has 20 heavy (non-hydrogen) atoms. The first-order valence-electron chi connectivity index (χ1n) is 6.18. The third-order valence-corrected chi connectivity index (χ3v) is 3.13. The summed E-state index contributed by atoms with van der Waals surface area (Å²) in [6, 6.07) is 1.75. The molecule has 0 radical (unpaired) electrons. The van der Waals surface area contributed by atoms with Gasteiger partial charge in [-0.3, -0.25) is 10.1 Å². The number of anilines is 1. The SMILES string of the molecule is CNCC1CN(c2c([N+](=O)[O-])ccc(F)c2F)CCO1. The molecule has 1 atom stereocenters. The van der Waals surface area contributed by atoms with Gasteiger partial charge in [-0.25, -0.2) is 8.78 Å². The summed E-state index contributed by atoms with van der Waals surface area (Å²) in [5.41, 5.74) is -0.742. The Hall–Kier alpha value is -1.80. The van der Waals surface area contributed by atoms with E-state index in [2.05, 4.69) is 5.32 Å². The average Bonchev–Trinajstić information content (AvgIpc) is 2.42. The van der Waals surface area contributed by atoms with E-state index < -0.39 is 22.2 Å². The van der Waals surface area contributed by atoms with Crippen LogP contribution < -0.4 is 10.2 Å². The van der Waals surface area contributed by atoms with Crippen molar-refractivity contribution < 1.29 is 18.4 Å². The molecule has 1 unspecified atom stereocenters. The summed E-state index contributed by atoms with van der Waals surface area (Å²) in [6.45, 7) is 1.38. The first kappa shape index (κ1) is 14.6. The molecule has 0 saturated carbocycles. The lowest BCUT2D eigenvalue weighted by Crippen LogP contribution is -2.46. The second-order valence-electron chi connectivity index (χ2n) is 4.48. The highest BCUT2D eigenvalue weighted by molar-refractivity contribution is 5.64. The quantitative estimate of drug-likeness (QED) is 0.668. The number of rotatable bonds is 4. The fraction of sp³-hybridized carbons (Fsp3) is 0.500. The molecule has 1 aliphatic heterocycles. The Bertz CT molecular complexity index is 511. The number of ether oxygens (including phenoxy) is 1. The number of benzene rings is 1. The van der Waals surface area contributed by atoms with E-state index in [4.69, 9.17) is 4.74 Å². The number of likely N-dealkylation sites (N-methyl/N-ethyl adjacent to an activating group) is 1. The van der Waals surface area contributed by atoms with Crippen molar-refractivity contribution in [1.29, 1.82) is 0 Å². The Morgan fingerprint density at radius 3 is 2.95 bits per heavy atom. The van der Waals surface area contributed by atoms with Crippen LogP contribution in [-0.4, -0.2) is 44.3 Å². The van der Waals surface area contributed by atoms with Crippen LogP contribution in [0.3, 0.4) is 0 Å². The molecule has 0 aromatic heterocycles. The summed E-state index contributed by atoms with van der Waals surface area (Å²) in [5, 5.41) is 13.9. The van der Waals surface area contributed by atoms with Gasteiger partial charge in [-0.2, -0.15) is 0 Å². The Morgan fingerprint density at radius 2 is 2.30 bits per heavy atom. The maximum atomic E-state index is 13.9. The highest BCUT2D eigenvalue weighted by Crippen LogP contribution is 2.33. The normalized spacial score (nSPS) is 19.1. The van der Waals surface area contributed by atoms with Gasteiger partial charge >= 0.3 is 0 Å². The summed E-state index contributed by atoms with van der Waals surface area (Å²) in [7, 11) is 1.74. The maximum Gasteiger partial charge on any atom is 0.295 e. The van der Waals surface area contributed by atoms with Crippen LogP contribution in [0.1, 0.15) is 0 Å². The fourth-order valence-electron chi connectivity index (χ4n) is 2.25. The van der Waals surface area contributed by atoms with Crippen LogP contribution in [0.4, 0.5) is 20.2 Å². The molecule has 1 aliphatic rings. The summed E-state index contributed by atoms with van der Waals surface area (Å²) in [4.78, 5) is 11.7. The first-order valence-corrected chi connectivity index (χ1v) is 6.18. The minimum atomic E-state index is -1.19. The zero-order chi connectivity index (χ0) is 14.7. The Morgan fingerprint density at radius 1 is 1.55 bits per heavy atom. The summed E-state index contributed by atoms with van der Waals surface area (Å²) in [6.07, 6.45) is -0.226. The van der Waals surface area contributed by atoms with Crippen molar-refractivity contribution in [3.63, 3.8) is 0 Å². The molecular formula is C12H15F2N3O3. The van der Waals surface area contributed by atoms with Gasteiger partial charge in [-0.1, -0.05) is 0 Å². The second kappa shape index (κ2) is 6.10. The van der Waals surface area contributed by atoms with Gasteiger partial charge in [-0.15, -0.1) is 0 Å². The predicted molar refractivity (Wildman–Crippen MR) is 68.9 cm³/mol. The first-order chi connectivity index (χ1) is 9.54. The number of morpholine rings is 1. The molecule has 1 aromatic carbocycles. The van der Waals surface area contributed by atoms with Gasteiger partial charge in [-0.05, 0) is 13.1 Å². The minimum absolute atomic E-state index is 0.226. The summed E-state index contributed by atoms with van der Waals surface area (Å²) >= 11 is 0. The molecule has 1 heterocycles. The number of nitro benzene ring substituents is 1. The number of nitrogens with zero attached hydrogens (tertiary/aromatic N) is 2. The lowest BCUT2D eigenvalue weighted by Gasteiger charge is -2.34. The highest BCUT2D eigenvalue weighted by Gasteiger charge is 2.30. The largest absolute Gasteiger partial charge is 0.373 e. The van der Waals surface area contributed by atoms with Crippen molar-refractivity contribution in [1.82, 2.24) is 5.32 Å². The van der Waals surface area contributed by atoms with E-state index in [1.165, 1.54) is 4.90 Å². The van der Waals surface area contributed by atoms with E-state index in [1.54, 1.807) is 7.05 Å². The maximum absolute atomic E-state index is 13.9. The molecule has 1 aromatic rings. The number of hydrogen-bond donors (Lipinski definition) is 1. The van der Waals surface area contributed by atoms with Crippen molar-refractivity contribution in [3.8, 4) is 0 Å². The molecule has 2 rings (SSSR count). The number of nitrogens with one attached hydrogen (secondary N) is 1. The van der Waals surface area contributed by atoms with Crippen molar-refractivity contribution in [2.24, 2.45) is 0 Å². The predicted octanol–water partition coefficient (Wildman–Crippen LogP) is 1.30. The molecule has 8 heteroatoms. The molecule has 0 spiro atoms. The smallest absolute Gasteiger partial charge is 0.295 e. The van der Waals surface area contributed by atoms with Crippen LogP contribution in [0.15, 0.2) is 12.1 Å². The van der Waals surface area contributed by atoms with E-state index in [1.807, 2.05) is 0 Å². The lowest BCUT2D eigenvalue weighted by atomic mass is 10.2. The van der Waals surface area contributed by atoms with E-state index in [9.17, 15) is 18.9 Å². The van der Waals surface area contributed by atoms with Crippen molar-refractivity contribution in [2.45, 2.75) is 6.10 Å². The molecular weight excluding hydrogens is 272 g/mol. The van der Waals surface area contributed by atoms with Gasteiger partial charge < -0.3 is 15.0 Å². The lowest BCUT2D eigenvalue weighted by molar-refractivity contribution is -0.384. The van der Waals surface area contributed by atoms with Crippen LogP contribution in [0.5, 0.6) is 0 Å². The Balaban J connectivity index is 2.35. The van der Waals surface area contributed by atoms with Crippen LogP contribution in [0.25, 0.3) is 0 Å². The molecule has 0 aliphatic carbocycles. The topological polar surface area (TPSA) is 67.6 Å². The van der Waals surface area contributed by atoms with Crippen LogP contribution in [0.2, 0.25) is 0 Å². The van der Waals surface area contributed by atoms with Gasteiger partial charge in [0.25, 0.3) is 5.69 Å². The molecule has 0 amide bonds. The second-order valence-corrected chi connectivity index (χ2v) is 4.48. The fourth-order valence-corrected chi connectivity index (χ4v) is 2.25. The number of nitro groups is 1. The standard InChI is InChI=1S/C12H15F2N3O3/c1-15-6-8-7-16(4-5-20-8)12-10(17(18)19)3-2-9(13)11(12)14/h2-3,8,15H,4-7H2,1H3. The van der Waals surface area contributed by atoms with Crippen molar-refractivity contribution in [2.75, 3.05) is 38.2 Å². The van der Waals surface area contributed by atoms with Gasteiger partial charge in [0.2, 0.25) is 0 Å². The van der Waals surface area contributed by atoms with Crippen molar-refractivity contribution >= 4 is 11.4 Å². The number of halogens is 2. The van der Waals surface area contributed by atoms with Crippen LogP contribution >= 0.6 is 0 Å². The van der Waals surface area contributed by atoms with E-state index in [0.29, 0.717) is 13.2 Å². The Kier molecular flexibility index (Phi) is 4.46. The van der Waals surface area contributed by atoms with Crippen molar-refractivity contribution in [3.05, 3.63) is 33.9 Å². The zero-order valence-electron chi connectivity index (χ0n) is 10.9. The molecule has 1 N–H and O–H groups in total. The molecule has 1 fully saturated rings. The van der Waals surface area contributed by atoms with E-state index >= 15 is 0 Å². The van der Waals surface area contributed by atoms with Gasteiger partial charge in [0.1, 0.15) is 0 Å². The third kappa shape index (κ3) is 2.86. The summed E-state index contributed by atoms with van der Waals surface area (Å²) < 4.78 is 32.7. The molecule has 0 bridgehead atoms. The van der Waals surface area contributed by atoms with Crippen LogP contribution in [-0.2, 0) is 4.74 Å². The minimum Gasteiger partial charge on any atom is -0.373 e. The highest BCUT2D eigenvalue weighted by atomic mass is 19.2. The van der Waals surface area contributed by atoms with Crippen LogP contribution in [0, 0.1) is 21.7 Å². The average molecular weight is 287 g/mol. The summed E-state index contributed by atoms with van der Waals surface area (Å²) in [5.74, 6) is -2.29. The van der Waals surface area contributed by atoms with Gasteiger partial charge in [0, 0.05) is 25.7 Å². The third-order valence-electron chi connectivity index (χ3n) is 3.13. The molecule has 110 valence electrons. The monoisotopic (exact) mass is 287 g/mol. The van der Waals surface area contributed by atoms with E-state index in [0.717, 1.165) is 12.1 Å². The van der Waals surface area contributed by atoms with Gasteiger partial charge in [0.05, 0.1) is 17.6 Å². The number of hydrogen-bond acceptors (Lipinski definition) is 5. The molecule has 6 nitrogen and oxygen atoms in total. The zero-order valence-corrected chi connectivity index (χ0v) is 10.9. The van der Waals surface area contributed by atoms with Gasteiger partial charge in [0.15, 0.2) is 17.3 Å². The van der Waals surface area contributed by atoms with E-state index in [-0.39, 0.29) is 24.9 Å². The molecule has 1 saturated heterocycles.